The number of aromatic nitrogens is 3. The van der Waals surface area contributed by atoms with E-state index < -0.39 is 0 Å². The van der Waals surface area contributed by atoms with E-state index in [1.165, 1.54) is 5.56 Å². The van der Waals surface area contributed by atoms with Gasteiger partial charge in [-0.2, -0.15) is 4.98 Å². The van der Waals surface area contributed by atoms with Gasteiger partial charge in [0, 0.05) is 12.8 Å². The van der Waals surface area contributed by atoms with Gasteiger partial charge in [0.05, 0.1) is 13.0 Å². The highest BCUT2D eigenvalue weighted by molar-refractivity contribution is 5.90. The van der Waals surface area contributed by atoms with Crippen LogP contribution in [0.3, 0.4) is 0 Å². The number of hydrogen-bond donors (Lipinski definition) is 2. The molecule has 6 heteroatoms. The molecule has 0 radical (unpaired) electrons. The predicted octanol–water partition coefficient (Wildman–Crippen LogP) is 2.12. The molecule has 116 valence electrons. The van der Waals surface area contributed by atoms with Crippen LogP contribution in [0.15, 0.2) is 18.2 Å². The van der Waals surface area contributed by atoms with Crippen molar-refractivity contribution in [3.63, 3.8) is 0 Å². The maximum absolute atomic E-state index is 12.1. The van der Waals surface area contributed by atoms with Crippen LogP contribution in [0.2, 0.25) is 0 Å². The van der Waals surface area contributed by atoms with Crippen LogP contribution in [0, 0.1) is 5.92 Å². The van der Waals surface area contributed by atoms with Crippen LogP contribution < -0.4 is 10.1 Å². The molecule has 3 rings (SSSR count). The number of benzene rings is 1. The molecule has 6 nitrogen and oxygen atoms in total. The maximum Gasteiger partial charge on any atom is 0.248 e. The summed E-state index contributed by atoms with van der Waals surface area (Å²) >= 11 is 0. The summed E-state index contributed by atoms with van der Waals surface area (Å²) in [6.45, 7) is 4.94. The largest absolute Gasteiger partial charge is 0.493 e. The Labute approximate surface area is 129 Å². The minimum Gasteiger partial charge on any atom is -0.493 e. The number of ether oxygens (including phenoxy) is 1. The van der Waals surface area contributed by atoms with Crippen molar-refractivity contribution in [2.75, 3.05) is 11.9 Å². The molecule has 0 saturated carbocycles. The summed E-state index contributed by atoms with van der Waals surface area (Å²) in [5.74, 6) is 2.37. The summed E-state index contributed by atoms with van der Waals surface area (Å²) in [6, 6.07) is 5.93. The van der Waals surface area contributed by atoms with Gasteiger partial charge < -0.3 is 4.74 Å². The number of hydrogen-bond acceptors (Lipinski definition) is 4. The Hall–Kier alpha value is -2.37. The summed E-state index contributed by atoms with van der Waals surface area (Å²) in [7, 11) is 0. The van der Waals surface area contributed by atoms with E-state index in [1.54, 1.807) is 0 Å². The molecule has 0 fully saturated rings. The van der Waals surface area contributed by atoms with Crippen LogP contribution in [-0.4, -0.2) is 27.7 Å². The van der Waals surface area contributed by atoms with Crippen LogP contribution in [0.4, 0.5) is 5.95 Å². The number of nitrogens with one attached hydrogen (secondary N) is 2. The normalized spacial score (nSPS) is 13.0. The van der Waals surface area contributed by atoms with Crippen molar-refractivity contribution < 1.29 is 9.53 Å². The molecule has 2 heterocycles. The van der Waals surface area contributed by atoms with Gasteiger partial charge in [-0.15, -0.1) is 5.10 Å². The number of rotatable bonds is 5. The molecule has 1 aromatic heterocycles. The highest BCUT2D eigenvalue weighted by atomic mass is 16.5. The van der Waals surface area contributed by atoms with Crippen LogP contribution in [0.1, 0.15) is 30.8 Å². The first-order chi connectivity index (χ1) is 10.6. The molecule has 0 atom stereocenters. The van der Waals surface area contributed by atoms with Gasteiger partial charge in [-0.25, -0.2) is 0 Å². The lowest BCUT2D eigenvalue weighted by atomic mass is 10.1. The number of H-pyrrole nitrogens is 1. The molecule has 2 N–H and O–H groups in total. The van der Waals surface area contributed by atoms with Crippen LogP contribution in [-0.2, 0) is 24.1 Å². The molecule has 0 bridgehead atoms. The molecular weight excluding hydrogens is 280 g/mol. The van der Waals surface area contributed by atoms with Crippen molar-refractivity contribution in [3.05, 3.63) is 35.2 Å². The fraction of sp³-hybridized carbons (Fsp3) is 0.438. The standard InChI is InChI=1S/C16H20N4O2/c1-10(2)7-14-17-16(20-19-14)18-15(21)9-11-3-4-12-5-6-22-13(12)8-11/h3-4,8,10H,5-7,9H2,1-2H3,(H2,17,18,19,20,21). The molecule has 0 unspecified atom stereocenters. The quantitative estimate of drug-likeness (QED) is 0.886. The van der Waals surface area contributed by atoms with E-state index >= 15 is 0 Å². The van der Waals surface area contributed by atoms with Crippen molar-refractivity contribution in [2.24, 2.45) is 5.92 Å². The monoisotopic (exact) mass is 300 g/mol. The fourth-order valence-electron chi connectivity index (χ4n) is 2.50. The fourth-order valence-corrected chi connectivity index (χ4v) is 2.50. The summed E-state index contributed by atoms with van der Waals surface area (Å²) in [6.07, 6.45) is 2.04. The topological polar surface area (TPSA) is 79.9 Å². The van der Waals surface area contributed by atoms with Crippen molar-refractivity contribution in [1.82, 2.24) is 15.2 Å². The number of amides is 1. The smallest absolute Gasteiger partial charge is 0.248 e. The molecule has 1 aliphatic heterocycles. The first kappa shape index (κ1) is 14.6. The van der Waals surface area contributed by atoms with E-state index in [-0.39, 0.29) is 12.3 Å². The van der Waals surface area contributed by atoms with Gasteiger partial charge in [0.1, 0.15) is 11.6 Å². The second-order valence-corrected chi connectivity index (χ2v) is 5.97. The van der Waals surface area contributed by atoms with E-state index in [9.17, 15) is 4.79 Å². The predicted molar refractivity (Wildman–Crippen MR) is 82.9 cm³/mol. The van der Waals surface area contributed by atoms with E-state index in [0.29, 0.717) is 11.9 Å². The second-order valence-electron chi connectivity index (χ2n) is 5.97. The lowest BCUT2D eigenvalue weighted by Gasteiger charge is -2.04. The third kappa shape index (κ3) is 3.44. The van der Waals surface area contributed by atoms with E-state index in [1.807, 2.05) is 18.2 Å². The average molecular weight is 300 g/mol. The number of aromatic amines is 1. The van der Waals surface area contributed by atoms with Gasteiger partial charge in [0.2, 0.25) is 11.9 Å². The van der Waals surface area contributed by atoms with E-state index in [4.69, 9.17) is 4.74 Å². The van der Waals surface area contributed by atoms with Crippen LogP contribution >= 0.6 is 0 Å². The van der Waals surface area contributed by atoms with Crippen molar-refractivity contribution in [2.45, 2.75) is 33.1 Å². The first-order valence-corrected chi connectivity index (χ1v) is 7.56. The zero-order valence-electron chi connectivity index (χ0n) is 12.8. The molecule has 0 saturated heterocycles. The van der Waals surface area contributed by atoms with Crippen molar-refractivity contribution >= 4 is 11.9 Å². The second kappa shape index (κ2) is 6.17. The van der Waals surface area contributed by atoms with Gasteiger partial charge in [0.15, 0.2) is 0 Å². The maximum atomic E-state index is 12.1. The first-order valence-electron chi connectivity index (χ1n) is 7.56. The third-order valence-electron chi connectivity index (χ3n) is 3.51. The van der Waals surface area contributed by atoms with Gasteiger partial charge >= 0.3 is 0 Å². The third-order valence-corrected chi connectivity index (χ3v) is 3.51. The molecule has 1 amide bonds. The van der Waals surface area contributed by atoms with Gasteiger partial charge in [-0.1, -0.05) is 26.0 Å². The Morgan fingerprint density at radius 3 is 3.14 bits per heavy atom. The number of carbonyl (C=O) groups is 1. The lowest BCUT2D eigenvalue weighted by Crippen LogP contribution is -2.15. The summed E-state index contributed by atoms with van der Waals surface area (Å²) in [4.78, 5) is 16.3. The molecule has 22 heavy (non-hydrogen) atoms. The van der Waals surface area contributed by atoms with Gasteiger partial charge in [0.25, 0.3) is 0 Å². The lowest BCUT2D eigenvalue weighted by molar-refractivity contribution is -0.115. The number of carbonyl (C=O) groups excluding carboxylic acids is 1. The zero-order valence-corrected chi connectivity index (χ0v) is 12.8. The van der Waals surface area contributed by atoms with Crippen molar-refractivity contribution in [3.8, 4) is 5.75 Å². The van der Waals surface area contributed by atoms with Crippen LogP contribution in [0.25, 0.3) is 0 Å². The molecule has 1 aliphatic rings. The molecule has 1 aromatic carbocycles. The zero-order chi connectivity index (χ0) is 15.5. The van der Waals surface area contributed by atoms with Gasteiger partial charge in [-0.3, -0.25) is 15.2 Å². The molecule has 2 aromatic rings. The highest BCUT2D eigenvalue weighted by Gasteiger charge is 2.14. The summed E-state index contributed by atoms with van der Waals surface area (Å²) in [5, 5.41) is 9.58. The minimum atomic E-state index is -0.131. The number of nitrogens with zero attached hydrogens (tertiary/aromatic N) is 2. The SMILES string of the molecule is CC(C)Cc1nc(NC(=O)Cc2ccc3c(c2)OCC3)n[nH]1. The number of anilines is 1. The Balaban J connectivity index is 1.59. The van der Waals surface area contributed by atoms with Crippen LogP contribution in [0.5, 0.6) is 5.75 Å². The number of fused-ring (bicyclic) bond motifs is 1. The summed E-state index contributed by atoms with van der Waals surface area (Å²) < 4.78 is 5.52. The van der Waals surface area contributed by atoms with E-state index in [2.05, 4.69) is 34.3 Å². The Bertz CT molecular complexity index is 679. The van der Waals surface area contributed by atoms with Crippen molar-refractivity contribution in [1.29, 1.82) is 0 Å². The Kier molecular flexibility index (Phi) is 4.09. The highest BCUT2D eigenvalue weighted by Crippen LogP contribution is 2.26. The molecule has 0 spiro atoms. The minimum absolute atomic E-state index is 0.131. The Morgan fingerprint density at radius 1 is 1.45 bits per heavy atom. The summed E-state index contributed by atoms with van der Waals surface area (Å²) in [5.41, 5.74) is 2.13. The van der Waals surface area contributed by atoms with E-state index in [0.717, 1.165) is 36.6 Å². The van der Waals surface area contributed by atoms with Gasteiger partial charge in [-0.05, 0) is 23.1 Å². The molecule has 0 aliphatic carbocycles. The Morgan fingerprint density at radius 2 is 2.32 bits per heavy atom. The molecular formula is C16H20N4O2. The average Bonchev–Trinajstić information content (AvgIpc) is 3.06.